The zero-order valence-corrected chi connectivity index (χ0v) is 11.1. The minimum absolute atomic E-state index is 0.0372. The van der Waals surface area contributed by atoms with Crippen LogP contribution in [0.25, 0.3) is 0 Å². The number of anilines is 1. The molecule has 1 aliphatic carbocycles. The summed E-state index contributed by atoms with van der Waals surface area (Å²) < 4.78 is 1.66. The van der Waals surface area contributed by atoms with Crippen LogP contribution in [0.15, 0.2) is 30.9 Å². The van der Waals surface area contributed by atoms with Crippen LogP contribution in [0.5, 0.6) is 0 Å². The molecule has 1 heterocycles. The first kappa shape index (κ1) is 12.7. The number of nitrogen functional groups attached to an aromatic ring is 1. The van der Waals surface area contributed by atoms with Gasteiger partial charge in [0.25, 0.3) is 0 Å². The summed E-state index contributed by atoms with van der Waals surface area (Å²) in [6.07, 6.45) is 5.39. The summed E-state index contributed by atoms with van der Waals surface area (Å²) in [6.45, 7) is 0.549. The van der Waals surface area contributed by atoms with E-state index in [2.05, 4.69) is 15.4 Å². The largest absolute Gasteiger partial charge is 0.399 e. The molecule has 3 rings (SSSR count). The smallest absolute Gasteiger partial charge is 0.222 e. The van der Waals surface area contributed by atoms with Crippen LogP contribution in [-0.2, 0) is 17.8 Å². The maximum atomic E-state index is 12.0. The van der Waals surface area contributed by atoms with Crippen molar-refractivity contribution in [3.05, 3.63) is 42.0 Å². The third kappa shape index (κ3) is 2.64. The number of rotatable bonds is 4. The van der Waals surface area contributed by atoms with Gasteiger partial charge in [-0.3, -0.25) is 9.48 Å². The highest BCUT2D eigenvalue weighted by molar-refractivity contribution is 5.76. The summed E-state index contributed by atoms with van der Waals surface area (Å²) in [7, 11) is 0. The first-order chi connectivity index (χ1) is 9.72. The summed E-state index contributed by atoms with van der Waals surface area (Å²) in [6, 6.07) is 6.00. The normalized spacial score (nSPS) is 16.9. The van der Waals surface area contributed by atoms with E-state index in [1.165, 1.54) is 17.5 Å². The van der Waals surface area contributed by atoms with Gasteiger partial charge in [-0.1, -0.05) is 6.07 Å². The number of amides is 1. The molecule has 1 aromatic carbocycles. The molecule has 104 valence electrons. The average Bonchev–Trinajstić information content (AvgIpc) is 3.06. The molecular formula is C14H17N5O. The van der Waals surface area contributed by atoms with E-state index in [-0.39, 0.29) is 11.9 Å². The number of fused-ring (bicyclic) bond motifs is 1. The van der Waals surface area contributed by atoms with Crippen molar-refractivity contribution >= 4 is 11.6 Å². The molecule has 3 N–H and O–H groups in total. The molecule has 1 aliphatic rings. The standard InChI is InChI=1S/C14H17N5O/c15-11-2-3-12-10(7-11)1-4-13(12)18-14(20)5-6-19-9-16-8-17-19/h2-3,7-9,13H,1,4-6,15H2,(H,18,20). The molecule has 1 amide bonds. The Kier molecular flexibility index (Phi) is 3.37. The van der Waals surface area contributed by atoms with Crippen LogP contribution in [0.2, 0.25) is 0 Å². The van der Waals surface area contributed by atoms with Gasteiger partial charge in [0.1, 0.15) is 12.7 Å². The maximum Gasteiger partial charge on any atom is 0.222 e. The van der Waals surface area contributed by atoms with E-state index in [0.29, 0.717) is 13.0 Å². The molecule has 0 radical (unpaired) electrons. The Hall–Kier alpha value is -2.37. The number of hydrogen-bond donors (Lipinski definition) is 2. The Morgan fingerprint density at radius 2 is 2.40 bits per heavy atom. The Balaban J connectivity index is 1.58. The van der Waals surface area contributed by atoms with E-state index in [1.54, 1.807) is 11.0 Å². The second-order valence-corrected chi connectivity index (χ2v) is 5.03. The Bertz CT molecular complexity index is 608. The molecule has 0 fully saturated rings. The second-order valence-electron chi connectivity index (χ2n) is 5.03. The van der Waals surface area contributed by atoms with Crippen LogP contribution in [0.4, 0.5) is 5.69 Å². The molecule has 1 unspecified atom stereocenters. The monoisotopic (exact) mass is 271 g/mol. The number of nitrogens with two attached hydrogens (primary N) is 1. The summed E-state index contributed by atoms with van der Waals surface area (Å²) in [5, 5.41) is 7.05. The zero-order chi connectivity index (χ0) is 13.9. The van der Waals surface area contributed by atoms with Gasteiger partial charge in [-0.25, -0.2) is 4.98 Å². The number of nitrogens with zero attached hydrogens (tertiary/aromatic N) is 3. The molecule has 0 saturated carbocycles. The predicted octanol–water partition coefficient (Wildman–Crippen LogP) is 1.05. The van der Waals surface area contributed by atoms with Crippen LogP contribution in [0.1, 0.15) is 30.0 Å². The van der Waals surface area contributed by atoms with Gasteiger partial charge in [-0.2, -0.15) is 5.10 Å². The molecule has 1 atom stereocenters. The van der Waals surface area contributed by atoms with Crippen LogP contribution in [-0.4, -0.2) is 20.7 Å². The number of carbonyl (C=O) groups is 1. The lowest BCUT2D eigenvalue weighted by molar-refractivity contribution is -0.122. The molecular weight excluding hydrogens is 254 g/mol. The Morgan fingerprint density at radius 3 is 3.20 bits per heavy atom. The number of aryl methyl sites for hydroxylation is 2. The van der Waals surface area contributed by atoms with E-state index in [9.17, 15) is 4.79 Å². The Labute approximate surface area is 117 Å². The molecule has 6 heteroatoms. The van der Waals surface area contributed by atoms with Crippen molar-refractivity contribution in [2.75, 3.05) is 5.73 Å². The summed E-state index contributed by atoms with van der Waals surface area (Å²) in [5.74, 6) is 0.0372. The van der Waals surface area contributed by atoms with Gasteiger partial charge in [0, 0.05) is 12.1 Å². The van der Waals surface area contributed by atoms with Crippen LogP contribution in [0, 0.1) is 0 Å². The SMILES string of the molecule is Nc1ccc2c(c1)CCC2NC(=O)CCn1cncn1. The fraction of sp³-hybridized carbons (Fsp3) is 0.357. The van der Waals surface area contributed by atoms with E-state index < -0.39 is 0 Å². The van der Waals surface area contributed by atoms with Crippen LogP contribution < -0.4 is 11.1 Å². The first-order valence-corrected chi connectivity index (χ1v) is 6.72. The van der Waals surface area contributed by atoms with Gasteiger partial charge in [0.15, 0.2) is 0 Å². The van der Waals surface area contributed by atoms with Gasteiger partial charge in [0.2, 0.25) is 5.91 Å². The average molecular weight is 271 g/mol. The molecule has 0 saturated heterocycles. The third-order valence-electron chi connectivity index (χ3n) is 3.61. The summed E-state index contributed by atoms with van der Waals surface area (Å²) in [4.78, 5) is 15.8. The lowest BCUT2D eigenvalue weighted by Gasteiger charge is -2.14. The van der Waals surface area contributed by atoms with E-state index in [4.69, 9.17) is 5.73 Å². The van der Waals surface area contributed by atoms with Gasteiger partial charge < -0.3 is 11.1 Å². The van der Waals surface area contributed by atoms with Crippen molar-refractivity contribution in [3.8, 4) is 0 Å². The number of carbonyl (C=O) groups excluding carboxylic acids is 1. The van der Waals surface area contributed by atoms with E-state index >= 15 is 0 Å². The fourth-order valence-corrected chi connectivity index (χ4v) is 2.62. The Morgan fingerprint density at radius 1 is 1.50 bits per heavy atom. The fourth-order valence-electron chi connectivity index (χ4n) is 2.62. The van der Waals surface area contributed by atoms with Crippen molar-refractivity contribution in [1.82, 2.24) is 20.1 Å². The summed E-state index contributed by atoms with van der Waals surface area (Å²) >= 11 is 0. The third-order valence-corrected chi connectivity index (χ3v) is 3.61. The topological polar surface area (TPSA) is 85.8 Å². The molecule has 20 heavy (non-hydrogen) atoms. The van der Waals surface area contributed by atoms with Crippen molar-refractivity contribution in [2.45, 2.75) is 31.8 Å². The molecule has 1 aromatic heterocycles. The van der Waals surface area contributed by atoms with Gasteiger partial charge in [-0.05, 0) is 36.1 Å². The molecule has 2 aromatic rings. The van der Waals surface area contributed by atoms with Crippen molar-refractivity contribution in [3.63, 3.8) is 0 Å². The van der Waals surface area contributed by atoms with E-state index in [1.807, 2.05) is 18.2 Å². The van der Waals surface area contributed by atoms with Crippen molar-refractivity contribution in [1.29, 1.82) is 0 Å². The number of hydrogen-bond acceptors (Lipinski definition) is 4. The first-order valence-electron chi connectivity index (χ1n) is 6.72. The molecule has 0 aliphatic heterocycles. The predicted molar refractivity (Wildman–Crippen MR) is 74.7 cm³/mol. The van der Waals surface area contributed by atoms with Crippen LogP contribution in [0.3, 0.4) is 0 Å². The highest BCUT2D eigenvalue weighted by Gasteiger charge is 2.23. The molecule has 0 bridgehead atoms. The van der Waals surface area contributed by atoms with Gasteiger partial charge >= 0.3 is 0 Å². The number of nitrogens with one attached hydrogen (secondary N) is 1. The van der Waals surface area contributed by atoms with Crippen molar-refractivity contribution in [2.24, 2.45) is 0 Å². The second kappa shape index (κ2) is 5.32. The van der Waals surface area contributed by atoms with Crippen molar-refractivity contribution < 1.29 is 4.79 Å². The lowest BCUT2D eigenvalue weighted by atomic mass is 10.1. The highest BCUT2D eigenvalue weighted by atomic mass is 16.1. The molecule has 0 spiro atoms. The number of benzene rings is 1. The lowest BCUT2D eigenvalue weighted by Crippen LogP contribution is -2.28. The highest BCUT2D eigenvalue weighted by Crippen LogP contribution is 2.32. The summed E-state index contributed by atoms with van der Waals surface area (Å²) in [5.41, 5.74) is 8.99. The zero-order valence-electron chi connectivity index (χ0n) is 11.1. The van der Waals surface area contributed by atoms with Gasteiger partial charge in [-0.15, -0.1) is 0 Å². The minimum Gasteiger partial charge on any atom is -0.399 e. The number of aromatic nitrogens is 3. The minimum atomic E-state index is 0.0372. The van der Waals surface area contributed by atoms with Gasteiger partial charge in [0.05, 0.1) is 12.6 Å². The molecule has 6 nitrogen and oxygen atoms in total. The van der Waals surface area contributed by atoms with Crippen LogP contribution >= 0.6 is 0 Å². The maximum absolute atomic E-state index is 12.0. The quantitative estimate of drug-likeness (QED) is 0.814. The van der Waals surface area contributed by atoms with E-state index in [0.717, 1.165) is 18.5 Å².